The maximum atomic E-state index is 4.34. The standard InChI is InChI=1S/C14H20N4/c1-4-16-14(12-6-11(3)7-15-8-12)13-9-17-18(5-2)10-13/h6-10,14,16H,4-5H2,1-3H3. The molecule has 0 amide bonds. The first kappa shape index (κ1) is 12.8. The van der Waals surface area contributed by atoms with E-state index < -0.39 is 0 Å². The molecule has 1 unspecified atom stereocenters. The van der Waals surface area contributed by atoms with Crippen molar-refractivity contribution in [2.45, 2.75) is 33.4 Å². The van der Waals surface area contributed by atoms with Crippen LogP contribution in [-0.4, -0.2) is 21.3 Å². The van der Waals surface area contributed by atoms with E-state index in [1.165, 1.54) is 16.7 Å². The molecule has 0 aliphatic heterocycles. The Bertz CT molecular complexity index is 504. The summed E-state index contributed by atoms with van der Waals surface area (Å²) in [4.78, 5) is 4.27. The average Bonchev–Trinajstić information content (AvgIpc) is 2.84. The highest BCUT2D eigenvalue weighted by molar-refractivity contribution is 5.29. The number of hydrogen-bond acceptors (Lipinski definition) is 3. The normalized spacial score (nSPS) is 12.6. The summed E-state index contributed by atoms with van der Waals surface area (Å²) in [6.07, 6.45) is 7.82. The summed E-state index contributed by atoms with van der Waals surface area (Å²) in [6.45, 7) is 8.07. The molecule has 2 rings (SSSR count). The first-order chi connectivity index (χ1) is 8.74. The number of aryl methyl sites for hydroxylation is 2. The molecular formula is C14H20N4. The number of aromatic nitrogens is 3. The largest absolute Gasteiger partial charge is 0.306 e. The molecule has 18 heavy (non-hydrogen) atoms. The molecule has 2 aromatic heterocycles. The van der Waals surface area contributed by atoms with Gasteiger partial charge in [-0.2, -0.15) is 5.10 Å². The maximum Gasteiger partial charge on any atom is 0.0623 e. The molecule has 0 radical (unpaired) electrons. The molecule has 4 nitrogen and oxygen atoms in total. The predicted octanol–water partition coefficient (Wildman–Crippen LogP) is 2.31. The minimum Gasteiger partial charge on any atom is -0.306 e. The zero-order chi connectivity index (χ0) is 13.0. The smallest absolute Gasteiger partial charge is 0.0623 e. The zero-order valence-corrected chi connectivity index (χ0v) is 11.2. The van der Waals surface area contributed by atoms with Crippen LogP contribution in [-0.2, 0) is 6.54 Å². The van der Waals surface area contributed by atoms with Gasteiger partial charge in [0.05, 0.1) is 12.2 Å². The molecule has 0 aliphatic carbocycles. The molecule has 0 saturated heterocycles. The van der Waals surface area contributed by atoms with Gasteiger partial charge in [0.15, 0.2) is 0 Å². The van der Waals surface area contributed by atoms with Crippen LogP contribution in [0.3, 0.4) is 0 Å². The topological polar surface area (TPSA) is 42.7 Å². The van der Waals surface area contributed by atoms with E-state index in [0.29, 0.717) is 0 Å². The van der Waals surface area contributed by atoms with Crippen molar-refractivity contribution in [3.63, 3.8) is 0 Å². The van der Waals surface area contributed by atoms with Crippen molar-refractivity contribution in [3.8, 4) is 0 Å². The molecule has 0 fully saturated rings. The third-order valence-electron chi connectivity index (χ3n) is 2.95. The van der Waals surface area contributed by atoms with Crippen LogP contribution in [0.25, 0.3) is 0 Å². The predicted molar refractivity (Wildman–Crippen MR) is 72.4 cm³/mol. The minimum absolute atomic E-state index is 0.169. The van der Waals surface area contributed by atoms with Gasteiger partial charge in [-0.1, -0.05) is 13.0 Å². The van der Waals surface area contributed by atoms with Gasteiger partial charge in [0.25, 0.3) is 0 Å². The highest BCUT2D eigenvalue weighted by Gasteiger charge is 2.15. The number of nitrogens with one attached hydrogen (secondary N) is 1. The van der Waals surface area contributed by atoms with Crippen LogP contribution >= 0.6 is 0 Å². The van der Waals surface area contributed by atoms with E-state index in [4.69, 9.17) is 0 Å². The van der Waals surface area contributed by atoms with Gasteiger partial charge in [0.1, 0.15) is 0 Å². The minimum atomic E-state index is 0.169. The van der Waals surface area contributed by atoms with Gasteiger partial charge in [-0.05, 0) is 31.5 Å². The third kappa shape index (κ3) is 2.76. The van der Waals surface area contributed by atoms with Crippen molar-refractivity contribution in [1.82, 2.24) is 20.1 Å². The molecule has 0 aromatic carbocycles. The van der Waals surface area contributed by atoms with Crippen molar-refractivity contribution in [2.24, 2.45) is 0 Å². The van der Waals surface area contributed by atoms with Gasteiger partial charge in [0, 0.05) is 30.7 Å². The fourth-order valence-corrected chi connectivity index (χ4v) is 2.07. The average molecular weight is 244 g/mol. The molecule has 4 heteroatoms. The van der Waals surface area contributed by atoms with Gasteiger partial charge in [-0.25, -0.2) is 0 Å². The Labute approximate surface area is 108 Å². The maximum absolute atomic E-state index is 4.34. The van der Waals surface area contributed by atoms with Gasteiger partial charge < -0.3 is 5.32 Å². The van der Waals surface area contributed by atoms with Gasteiger partial charge >= 0.3 is 0 Å². The van der Waals surface area contributed by atoms with E-state index in [9.17, 15) is 0 Å². The van der Waals surface area contributed by atoms with Crippen LogP contribution in [0, 0.1) is 6.92 Å². The van der Waals surface area contributed by atoms with E-state index in [2.05, 4.69) is 48.4 Å². The molecule has 2 aromatic rings. The second kappa shape index (κ2) is 5.78. The summed E-state index contributed by atoms with van der Waals surface area (Å²) in [6, 6.07) is 2.34. The van der Waals surface area contributed by atoms with Crippen molar-refractivity contribution in [3.05, 3.63) is 47.5 Å². The summed E-state index contributed by atoms with van der Waals surface area (Å²) < 4.78 is 1.95. The van der Waals surface area contributed by atoms with E-state index >= 15 is 0 Å². The number of nitrogens with zero attached hydrogens (tertiary/aromatic N) is 3. The molecule has 96 valence electrons. The Kier molecular flexibility index (Phi) is 4.10. The van der Waals surface area contributed by atoms with Crippen LogP contribution in [0.1, 0.15) is 36.6 Å². The van der Waals surface area contributed by atoms with Crippen LogP contribution in [0.15, 0.2) is 30.9 Å². The highest BCUT2D eigenvalue weighted by atomic mass is 15.3. The summed E-state index contributed by atoms with van der Waals surface area (Å²) in [5.74, 6) is 0. The molecule has 0 bridgehead atoms. The molecule has 1 atom stereocenters. The van der Waals surface area contributed by atoms with Gasteiger partial charge in [-0.3, -0.25) is 9.67 Å². The van der Waals surface area contributed by atoms with Crippen LogP contribution in [0.5, 0.6) is 0 Å². The van der Waals surface area contributed by atoms with Crippen LogP contribution < -0.4 is 5.32 Å². The Balaban J connectivity index is 2.33. The number of hydrogen-bond donors (Lipinski definition) is 1. The van der Waals surface area contributed by atoms with Crippen molar-refractivity contribution in [2.75, 3.05) is 6.54 Å². The lowest BCUT2D eigenvalue weighted by atomic mass is 10.0. The van der Waals surface area contributed by atoms with Crippen molar-refractivity contribution >= 4 is 0 Å². The fraction of sp³-hybridized carbons (Fsp3) is 0.429. The lowest BCUT2D eigenvalue weighted by Gasteiger charge is -2.16. The van der Waals surface area contributed by atoms with E-state index in [0.717, 1.165) is 13.1 Å². The molecular weight excluding hydrogens is 224 g/mol. The van der Waals surface area contributed by atoms with Gasteiger partial charge in [-0.15, -0.1) is 0 Å². The molecule has 1 N–H and O–H groups in total. The van der Waals surface area contributed by atoms with E-state index in [1.807, 2.05) is 23.3 Å². The molecule has 0 aliphatic rings. The second-order valence-electron chi connectivity index (χ2n) is 4.42. The van der Waals surface area contributed by atoms with Crippen molar-refractivity contribution in [1.29, 1.82) is 0 Å². The first-order valence-electron chi connectivity index (χ1n) is 6.41. The number of pyridine rings is 1. The molecule has 0 spiro atoms. The second-order valence-corrected chi connectivity index (χ2v) is 4.42. The third-order valence-corrected chi connectivity index (χ3v) is 2.95. The van der Waals surface area contributed by atoms with Gasteiger partial charge in [0.2, 0.25) is 0 Å². The highest BCUT2D eigenvalue weighted by Crippen LogP contribution is 2.21. The molecule has 2 heterocycles. The lowest BCUT2D eigenvalue weighted by molar-refractivity contribution is 0.623. The van der Waals surface area contributed by atoms with Crippen LogP contribution in [0.2, 0.25) is 0 Å². The van der Waals surface area contributed by atoms with E-state index in [-0.39, 0.29) is 6.04 Å². The summed E-state index contributed by atoms with van der Waals surface area (Å²) >= 11 is 0. The SMILES string of the molecule is CCNC(c1cncc(C)c1)c1cnn(CC)c1. The number of rotatable bonds is 5. The monoisotopic (exact) mass is 244 g/mol. The fourth-order valence-electron chi connectivity index (χ4n) is 2.07. The van der Waals surface area contributed by atoms with E-state index in [1.54, 1.807) is 0 Å². The Morgan fingerprint density at radius 1 is 1.22 bits per heavy atom. The zero-order valence-electron chi connectivity index (χ0n) is 11.2. The Morgan fingerprint density at radius 3 is 2.67 bits per heavy atom. The quantitative estimate of drug-likeness (QED) is 0.877. The Morgan fingerprint density at radius 2 is 2.06 bits per heavy atom. The molecule has 0 saturated carbocycles. The first-order valence-corrected chi connectivity index (χ1v) is 6.41. The Hall–Kier alpha value is -1.68. The summed E-state index contributed by atoms with van der Waals surface area (Å²) in [7, 11) is 0. The summed E-state index contributed by atoms with van der Waals surface area (Å²) in [5.41, 5.74) is 3.55. The van der Waals surface area contributed by atoms with Crippen LogP contribution in [0.4, 0.5) is 0 Å². The van der Waals surface area contributed by atoms with Crippen molar-refractivity contribution < 1.29 is 0 Å². The lowest BCUT2D eigenvalue weighted by Crippen LogP contribution is -2.21. The summed E-state index contributed by atoms with van der Waals surface area (Å²) in [5, 5.41) is 7.83.